The fourth-order valence-corrected chi connectivity index (χ4v) is 11.8. The standard InChI is InChI=1S/C55H55N11O13P2S.C5H5N/c1-33(2)50(67)63-54-62-49-46(52(69)64-54)60-32-66(49)53-42(78-80(70)82)26-40(76-53)28-75-81(74-25-11-24-56)79-41-27-44(65-31-59-45-47(57-30-58-48(45)65)61-51(68)34-12-7-5-8-13-34)77-43(41)29-73-55(35-14-9-6-10-15-35,36-16-20-38(71-3)21-17-36)37-18-22-39(72-4)23-19-37;1-2-4-6-5-3-1/h5-10,12-23,30-33,40-44,53H,11,25-29H2,1-4H3,(H,57,58,61,68)(H2,62,63,64,67,69);1-5H/p+1/t40-,41-,42+,43+,44+,53+,81?;/m0./s1. The van der Waals surface area contributed by atoms with Gasteiger partial charge in [0.25, 0.3) is 11.5 Å². The molecule has 4 aromatic carbocycles. The largest absolute Gasteiger partial charge is 0.497 e. The number of nitriles is 1. The lowest BCUT2D eigenvalue weighted by molar-refractivity contribution is -0.378. The molecule has 2 unspecified atom stereocenters. The van der Waals surface area contributed by atoms with Gasteiger partial charge in [0.15, 0.2) is 52.9 Å². The van der Waals surface area contributed by atoms with Gasteiger partial charge in [-0.25, -0.2) is 24.9 Å². The van der Waals surface area contributed by atoms with Crippen LogP contribution < -0.4 is 30.7 Å². The Hall–Kier alpha value is -8.44. The SMILES string of the molecule is COc1ccc(C(OC[C@H]2O[C@@H](n3cnc4c(NC(=O)c5ccccc5)ncnc43)C[C@@H]2OP(OCCC#N)OC[C@@H]2C[C@@H](O[P+](=O)[S-])[C@H](n3cnc4c(=O)[nH]c(NC(=O)C(C)C)nc43)O2)(c2ccccc2)c2ccc(OC)cc2)cc1.c1cc[nH+]cc1. The second kappa shape index (κ2) is 29.5. The van der Waals surface area contributed by atoms with E-state index >= 15 is 0 Å². The van der Waals surface area contributed by atoms with E-state index in [1.54, 1.807) is 63.2 Å². The van der Waals surface area contributed by atoms with Gasteiger partial charge in [-0.3, -0.25) is 33.8 Å². The van der Waals surface area contributed by atoms with Crippen molar-refractivity contribution in [3.63, 3.8) is 0 Å². The number of hydrogen-bond acceptors (Lipinski definition) is 20. The second-order valence-electron chi connectivity index (χ2n) is 20.2. The van der Waals surface area contributed by atoms with Crippen LogP contribution >= 0.6 is 15.8 Å². The molecule has 11 rings (SSSR count). The molecule has 0 aliphatic carbocycles. The zero-order chi connectivity index (χ0) is 61.6. The number of anilines is 2. The number of fused-ring (bicyclic) bond motifs is 2. The fourth-order valence-electron chi connectivity index (χ4n) is 9.90. The first-order valence-corrected chi connectivity index (χ1v) is 31.1. The Morgan fingerprint density at radius 1 is 0.795 bits per heavy atom. The summed E-state index contributed by atoms with van der Waals surface area (Å²) in [6.07, 6.45) is 2.89. The minimum atomic E-state index is -2.58. The van der Waals surface area contributed by atoms with Crippen molar-refractivity contribution in [3.05, 3.63) is 191 Å². The van der Waals surface area contributed by atoms with Crippen LogP contribution in [0.25, 0.3) is 22.3 Å². The van der Waals surface area contributed by atoms with Crippen LogP contribution in [0.4, 0.5) is 11.8 Å². The van der Waals surface area contributed by atoms with Crippen molar-refractivity contribution in [2.45, 2.75) is 75.6 Å². The van der Waals surface area contributed by atoms with E-state index in [-0.39, 0.29) is 73.8 Å². The molecule has 7 heterocycles. The molecule has 2 aliphatic rings. The molecule has 454 valence electrons. The van der Waals surface area contributed by atoms with E-state index in [0.717, 1.165) is 16.7 Å². The first-order chi connectivity index (χ1) is 42.8. The molecule has 2 fully saturated rings. The maximum atomic E-state index is 13.3. The molecule has 25 nitrogen and oxygen atoms in total. The fraction of sp³-hybridized carbons (Fsp3) is 0.300. The molecule has 88 heavy (non-hydrogen) atoms. The van der Waals surface area contributed by atoms with Gasteiger partial charge in [-0.15, -0.1) is 0 Å². The summed E-state index contributed by atoms with van der Waals surface area (Å²) in [6, 6.07) is 41.6. The van der Waals surface area contributed by atoms with Crippen molar-refractivity contribution < 1.29 is 60.9 Å². The molecule has 0 saturated carbocycles. The van der Waals surface area contributed by atoms with E-state index in [4.69, 9.17) is 54.0 Å². The van der Waals surface area contributed by atoms with Gasteiger partial charge in [0.2, 0.25) is 11.9 Å². The highest BCUT2D eigenvalue weighted by atomic mass is 32.7. The van der Waals surface area contributed by atoms with E-state index < -0.39 is 69.8 Å². The van der Waals surface area contributed by atoms with Crippen LogP contribution in [0.3, 0.4) is 0 Å². The first kappa shape index (κ1) is 62.6. The van der Waals surface area contributed by atoms with Gasteiger partial charge in [0.05, 0.1) is 71.4 Å². The Bertz CT molecular complexity index is 3830. The monoisotopic (exact) mass is 1250 g/mol. The van der Waals surface area contributed by atoms with Gasteiger partial charge in [-0.05, 0) is 53.1 Å². The van der Waals surface area contributed by atoms with Crippen molar-refractivity contribution in [2.75, 3.05) is 44.7 Å². The quantitative estimate of drug-likeness (QED) is 0.0220. The summed E-state index contributed by atoms with van der Waals surface area (Å²) in [5.74, 6) is 0.180. The first-order valence-electron chi connectivity index (χ1n) is 27.8. The second-order valence-corrected chi connectivity index (χ2v) is 22.9. The molecule has 0 spiro atoms. The van der Waals surface area contributed by atoms with Crippen LogP contribution in [-0.2, 0) is 59.5 Å². The number of aromatic nitrogens is 9. The number of rotatable bonds is 24. The van der Waals surface area contributed by atoms with Crippen LogP contribution in [0.2, 0.25) is 0 Å². The maximum absolute atomic E-state index is 13.3. The zero-order valence-corrected chi connectivity index (χ0v) is 50.6. The van der Waals surface area contributed by atoms with E-state index in [2.05, 4.69) is 51.6 Å². The number of imidazole rings is 2. The number of nitrogens with one attached hydrogen (secondary N) is 4. The predicted octanol–water partition coefficient (Wildman–Crippen LogP) is 9.06. The van der Waals surface area contributed by atoms with Gasteiger partial charge < -0.3 is 54.8 Å². The summed E-state index contributed by atoms with van der Waals surface area (Å²) < 4.78 is 72.9. The molecule has 0 bridgehead atoms. The third-order valence-electron chi connectivity index (χ3n) is 14.2. The van der Waals surface area contributed by atoms with Gasteiger partial charge >= 0.3 is 15.8 Å². The van der Waals surface area contributed by atoms with E-state index in [0.29, 0.717) is 28.2 Å². The molecular formula is C60H61N12O13P2S+. The lowest BCUT2D eigenvalue weighted by atomic mass is 9.80. The predicted molar refractivity (Wildman–Crippen MR) is 323 cm³/mol. The Balaban J connectivity index is 0.00000134. The molecule has 28 heteroatoms. The smallest absolute Gasteiger partial charge is 0.372 e. The molecule has 4 N–H and O–H groups in total. The normalized spacial score (nSPS) is 18.7. The van der Waals surface area contributed by atoms with Crippen molar-refractivity contribution in [1.82, 2.24) is 39.0 Å². The highest BCUT2D eigenvalue weighted by Crippen LogP contribution is 2.49. The number of carbonyl (C=O) groups excluding carboxylic acids is 2. The number of nitrogens with zero attached hydrogens (tertiary/aromatic N) is 8. The average Bonchev–Trinajstić information content (AvgIpc) is 1.60. The number of benzene rings is 4. The third kappa shape index (κ3) is 14.7. The Morgan fingerprint density at radius 3 is 2.07 bits per heavy atom. The van der Waals surface area contributed by atoms with Gasteiger partial charge in [-0.2, -0.15) is 14.8 Å². The third-order valence-corrected chi connectivity index (χ3v) is 16.1. The van der Waals surface area contributed by atoms with Gasteiger partial charge in [0.1, 0.15) is 35.8 Å². The number of amides is 2. The molecule has 2 saturated heterocycles. The van der Waals surface area contributed by atoms with Crippen LogP contribution in [0.1, 0.15) is 72.6 Å². The van der Waals surface area contributed by atoms with Crippen molar-refractivity contribution in [1.29, 1.82) is 5.26 Å². The molecule has 9 aromatic rings. The number of carbonyl (C=O) groups is 2. The summed E-state index contributed by atoms with van der Waals surface area (Å²) in [6.45, 7) is 3.04. The Labute approximate surface area is 512 Å². The maximum Gasteiger partial charge on any atom is 0.372 e. The molecule has 2 aliphatic heterocycles. The summed E-state index contributed by atoms with van der Waals surface area (Å²) >= 11 is 4.99. The number of ether oxygens (including phenoxy) is 5. The number of methoxy groups -OCH3 is 2. The van der Waals surface area contributed by atoms with Crippen LogP contribution in [-0.4, -0.2) is 109 Å². The minimum Gasteiger partial charge on any atom is -0.497 e. The summed E-state index contributed by atoms with van der Waals surface area (Å²) in [5, 5.41) is 15.1. The van der Waals surface area contributed by atoms with Gasteiger partial charge in [0, 0.05) is 36.5 Å². The summed E-state index contributed by atoms with van der Waals surface area (Å²) in [4.78, 5) is 66.8. The Morgan fingerprint density at radius 2 is 1.44 bits per heavy atom. The van der Waals surface area contributed by atoms with Crippen LogP contribution in [0, 0.1) is 17.2 Å². The Kier molecular flexibility index (Phi) is 21.0. The minimum absolute atomic E-state index is 0.00167. The van der Waals surface area contributed by atoms with Crippen LogP contribution in [0.5, 0.6) is 11.5 Å². The molecule has 5 aromatic heterocycles. The van der Waals surface area contributed by atoms with Crippen molar-refractivity contribution in [3.8, 4) is 17.6 Å². The van der Waals surface area contributed by atoms with Gasteiger partial charge in [-0.1, -0.05) is 97.3 Å². The molecule has 0 radical (unpaired) electrons. The number of pyridine rings is 1. The van der Waals surface area contributed by atoms with Crippen LogP contribution in [0.15, 0.2) is 164 Å². The number of hydrogen-bond donors (Lipinski definition) is 3. The van der Waals surface area contributed by atoms with E-state index in [9.17, 15) is 24.2 Å². The zero-order valence-electron chi connectivity index (χ0n) is 48.0. The highest BCUT2D eigenvalue weighted by molar-refractivity contribution is 8.25. The number of H-pyrrole nitrogens is 2. The lowest BCUT2D eigenvalue weighted by Gasteiger charge is -2.37. The van der Waals surface area contributed by atoms with Crippen molar-refractivity contribution >= 4 is 74.0 Å². The summed E-state index contributed by atoms with van der Waals surface area (Å²) in [7, 11) is -1.71. The molecule has 2 amide bonds. The van der Waals surface area contributed by atoms with Crippen molar-refractivity contribution in [2.24, 2.45) is 5.92 Å². The molecular weight excluding hydrogens is 1190 g/mol. The number of aromatic amines is 2. The summed E-state index contributed by atoms with van der Waals surface area (Å²) in [5.41, 5.74) is 1.54. The molecule has 8 atom stereocenters. The van der Waals surface area contributed by atoms with E-state index in [1.165, 1.54) is 17.2 Å². The lowest BCUT2D eigenvalue weighted by Crippen LogP contribution is -2.38. The van der Waals surface area contributed by atoms with E-state index in [1.807, 2.05) is 116 Å². The highest BCUT2D eigenvalue weighted by Gasteiger charge is 2.46. The topological polar surface area (TPSA) is 303 Å². The average molecular weight is 1250 g/mol.